The van der Waals surface area contributed by atoms with Crippen LogP contribution in [0.15, 0.2) is 18.2 Å². The lowest BCUT2D eigenvalue weighted by molar-refractivity contribution is -0.275. The van der Waals surface area contributed by atoms with Crippen LogP contribution >= 0.6 is 15.9 Å². The Morgan fingerprint density at radius 2 is 1.90 bits per heavy atom. The number of rotatable bonds is 5. The monoisotopic (exact) mass is 362 g/mol. The molecule has 0 aromatic heterocycles. The maximum Gasteiger partial charge on any atom is 0.573 e. The molecule has 0 saturated heterocycles. The van der Waals surface area contributed by atoms with Gasteiger partial charge < -0.3 is 9.47 Å². The normalized spacial score (nSPS) is 13.2. The van der Waals surface area contributed by atoms with Gasteiger partial charge in [-0.25, -0.2) is 0 Å². The lowest BCUT2D eigenvalue weighted by Gasteiger charge is -2.18. The highest BCUT2D eigenvalue weighted by atomic mass is 79.9. The molecule has 0 amide bonds. The van der Waals surface area contributed by atoms with E-state index in [2.05, 4.69) is 25.4 Å². The van der Waals surface area contributed by atoms with E-state index in [1.165, 1.54) is 6.07 Å². The molecule has 0 radical (unpaired) electrons. The number of para-hydroxylation sites is 1. The summed E-state index contributed by atoms with van der Waals surface area (Å²) < 4.78 is 68.9. The van der Waals surface area contributed by atoms with Gasteiger partial charge in [-0.3, -0.25) is 4.79 Å². The fraction of sp³-hybridized carbons (Fsp3) is 0.364. The molecule has 9 heteroatoms. The summed E-state index contributed by atoms with van der Waals surface area (Å²) in [6.07, 6.45) is -5.07. The van der Waals surface area contributed by atoms with Crippen molar-refractivity contribution in [2.75, 3.05) is 0 Å². The molecular formula is C11H8BrF5O3. The van der Waals surface area contributed by atoms with E-state index in [4.69, 9.17) is 0 Å². The predicted octanol–water partition coefficient (Wildman–Crippen LogP) is 4.21. The third-order valence-corrected chi connectivity index (χ3v) is 3.21. The van der Waals surface area contributed by atoms with Gasteiger partial charge in [0.1, 0.15) is 10.6 Å². The minimum Gasteiger partial charge on any atom is -0.430 e. The van der Waals surface area contributed by atoms with E-state index in [9.17, 15) is 26.7 Å². The van der Waals surface area contributed by atoms with Crippen LogP contribution in [-0.4, -0.2) is 18.8 Å². The first-order valence-electron chi connectivity index (χ1n) is 5.10. The first-order valence-corrected chi connectivity index (χ1v) is 6.01. The lowest BCUT2D eigenvalue weighted by Crippen LogP contribution is -2.19. The number of Topliss-reactive ketones (excluding diaryl/α,β-unsaturated/α-hetero) is 1. The summed E-state index contributed by atoms with van der Waals surface area (Å²) in [5, 5.41) is 0. The van der Waals surface area contributed by atoms with E-state index >= 15 is 0 Å². The van der Waals surface area contributed by atoms with Gasteiger partial charge in [-0.1, -0.05) is 28.1 Å². The van der Waals surface area contributed by atoms with Crippen molar-refractivity contribution in [3.05, 3.63) is 23.8 Å². The fourth-order valence-electron chi connectivity index (χ4n) is 1.37. The average molecular weight is 363 g/mol. The lowest BCUT2D eigenvalue weighted by atomic mass is 10.1. The van der Waals surface area contributed by atoms with Crippen LogP contribution in [-0.2, 0) is 4.79 Å². The van der Waals surface area contributed by atoms with Crippen molar-refractivity contribution in [2.45, 2.75) is 24.7 Å². The van der Waals surface area contributed by atoms with Crippen molar-refractivity contribution in [3.8, 4) is 11.5 Å². The summed E-state index contributed by atoms with van der Waals surface area (Å²) in [5.74, 6) is -2.27. The largest absolute Gasteiger partial charge is 0.573 e. The molecule has 0 heterocycles. The summed E-state index contributed by atoms with van der Waals surface area (Å²) in [4.78, 5) is 10.1. The molecule has 0 bridgehead atoms. The molecule has 0 spiro atoms. The SMILES string of the molecule is CC(=O)C(Br)c1cccc(OC(F)(F)F)c1OC(F)F. The highest BCUT2D eigenvalue weighted by molar-refractivity contribution is 9.09. The summed E-state index contributed by atoms with van der Waals surface area (Å²) in [5.41, 5.74) is -0.181. The number of carbonyl (C=O) groups excluding carboxylic acids is 1. The predicted molar refractivity (Wildman–Crippen MR) is 62.1 cm³/mol. The zero-order chi connectivity index (χ0) is 15.5. The van der Waals surface area contributed by atoms with Crippen LogP contribution in [0.3, 0.4) is 0 Å². The van der Waals surface area contributed by atoms with Crippen molar-refractivity contribution < 1.29 is 36.2 Å². The maximum absolute atomic E-state index is 12.3. The highest BCUT2D eigenvalue weighted by Gasteiger charge is 2.34. The van der Waals surface area contributed by atoms with Gasteiger partial charge in [0.05, 0.1) is 0 Å². The Kier molecular flexibility index (Phi) is 5.32. The van der Waals surface area contributed by atoms with Crippen LogP contribution in [0.2, 0.25) is 0 Å². The number of halogens is 6. The number of carbonyl (C=O) groups is 1. The van der Waals surface area contributed by atoms with E-state index in [1.807, 2.05) is 0 Å². The van der Waals surface area contributed by atoms with Crippen molar-refractivity contribution in [1.29, 1.82) is 0 Å². The fourth-order valence-corrected chi connectivity index (χ4v) is 1.73. The number of alkyl halides is 6. The van der Waals surface area contributed by atoms with E-state index in [1.54, 1.807) is 0 Å². The van der Waals surface area contributed by atoms with Crippen molar-refractivity contribution in [3.63, 3.8) is 0 Å². The Balaban J connectivity index is 3.30. The topological polar surface area (TPSA) is 35.5 Å². The molecule has 20 heavy (non-hydrogen) atoms. The van der Waals surface area contributed by atoms with Gasteiger partial charge in [0.15, 0.2) is 11.5 Å². The Labute approximate surface area is 118 Å². The summed E-state index contributed by atoms with van der Waals surface area (Å²) in [7, 11) is 0. The average Bonchev–Trinajstić information content (AvgIpc) is 2.27. The standard InChI is InChI=1S/C11H8BrF5O3/c1-5(18)8(12)6-3-2-4-7(20-11(15,16)17)9(6)19-10(13)14/h2-4,8,10H,1H3. The van der Waals surface area contributed by atoms with Crippen molar-refractivity contribution in [2.24, 2.45) is 0 Å². The number of benzene rings is 1. The quantitative estimate of drug-likeness (QED) is 0.581. The van der Waals surface area contributed by atoms with Gasteiger partial charge in [0.25, 0.3) is 0 Å². The van der Waals surface area contributed by atoms with E-state index in [0.29, 0.717) is 0 Å². The van der Waals surface area contributed by atoms with Crippen molar-refractivity contribution in [1.82, 2.24) is 0 Å². The van der Waals surface area contributed by atoms with Gasteiger partial charge in [0, 0.05) is 5.56 Å². The molecule has 0 aliphatic rings. The highest BCUT2D eigenvalue weighted by Crippen LogP contribution is 2.41. The van der Waals surface area contributed by atoms with Crippen LogP contribution in [0.4, 0.5) is 22.0 Å². The van der Waals surface area contributed by atoms with Crippen LogP contribution in [0.1, 0.15) is 17.3 Å². The molecular weight excluding hydrogens is 355 g/mol. The van der Waals surface area contributed by atoms with Gasteiger partial charge in [-0.2, -0.15) is 8.78 Å². The minimum absolute atomic E-state index is 0.181. The summed E-state index contributed by atoms with van der Waals surface area (Å²) >= 11 is 2.89. The molecule has 1 rings (SSSR count). The second-order valence-electron chi connectivity index (χ2n) is 3.57. The second kappa shape index (κ2) is 6.38. The molecule has 0 fully saturated rings. The van der Waals surface area contributed by atoms with Gasteiger partial charge in [-0.15, -0.1) is 13.2 Å². The van der Waals surface area contributed by atoms with E-state index < -0.39 is 35.1 Å². The molecule has 1 aromatic carbocycles. The zero-order valence-corrected chi connectivity index (χ0v) is 11.5. The number of hydrogen-bond acceptors (Lipinski definition) is 3. The first kappa shape index (κ1) is 16.7. The first-order chi connectivity index (χ1) is 9.11. The Hall–Kier alpha value is -1.38. The molecule has 1 unspecified atom stereocenters. The smallest absolute Gasteiger partial charge is 0.430 e. The van der Waals surface area contributed by atoms with Gasteiger partial charge in [-0.05, 0) is 13.0 Å². The third-order valence-electron chi connectivity index (χ3n) is 2.07. The van der Waals surface area contributed by atoms with Crippen molar-refractivity contribution >= 4 is 21.7 Å². The minimum atomic E-state index is -5.07. The Bertz CT molecular complexity index is 489. The van der Waals surface area contributed by atoms with Crippen LogP contribution in [0, 0.1) is 0 Å². The molecule has 0 aliphatic heterocycles. The molecule has 0 N–H and O–H groups in total. The Morgan fingerprint density at radius 3 is 2.35 bits per heavy atom. The van der Waals surface area contributed by atoms with Crippen LogP contribution in [0.25, 0.3) is 0 Å². The van der Waals surface area contributed by atoms with Crippen LogP contribution < -0.4 is 9.47 Å². The number of ether oxygens (including phenoxy) is 2. The second-order valence-corrected chi connectivity index (χ2v) is 4.49. The van der Waals surface area contributed by atoms with Gasteiger partial charge in [0.2, 0.25) is 0 Å². The number of hydrogen-bond donors (Lipinski definition) is 0. The van der Waals surface area contributed by atoms with E-state index in [0.717, 1.165) is 19.1 Å². The molecule has 0 saturated carbocycles. The zero-order valence-electron chi connectivity index (χ0n) is 9.88. The summed E-state index contributed by atoms with van der Waals surface area (Å²) in [6, 6.07) is 3.13. The number of ketones is 1. The summed E-state index contributed by atoms with van der Waals surface area (Å²) in [6.45, 7) is -2.22. The van der Waals surface area contributed by atoms with Crippen LogP contribution in [0.5, 0.6) is 11.5 Å². The Morgan fingerprint density at radius 1 is 1.30 bits per heavy atom. The van der Waals surface area contributed by atoms with Gasteiger partial charge >= 0.3 is 13.0 Å². The maximum atomic E-state index is 12.3. The third kappa shape index (κ3) is 4.62. The molecule has 1 atom stereocenters. The molecule has 1 aromatic rings. The van der Waals surface area contributed by atoms with E-state index in [-0.39, 0.29) is 5.56 Å². The molecule has 112 valence electrons. The molecule has 3 nitrogen and oxygen atoms in total. The molecule has 0 aliphatic carbocycles.